The molecule has 2 bridgehead atoms. The van der Waals surface area contributed by atoms with Gasteiger partial charge in [-0.3, -0.25) is 0 Å². The molecule has 1 aliphatic carbocycles. The highest BCUT2D eigenvalue weighted by Crippen LogP contribution is 2.58. The van der Waals surface area contributed by atoms with Gasteiger partial charge in [0.15, 0.2) is 11.5 Å². The Labute approximate surface area is 189 Å². The Bertz CT molecular complexity index is 690. The molecule has 2 aliphatic heterocycles. The van der Waals surface area contributed by atoms with Crippen molar-refractivity contribution in [1.82, 2.24) is 0 Å². The summed E-state index contributed by atoms with van der Waals surface area (Å²) in [6, 6.07) is 4.51. The highest BCUT2D eigenvalue weighted by Gasteiger charge is 2.44. The third-order valence-electron chi connectivity index (χ3n) is 7.19. The molecule has 0 aromatic heterocycles. The van der Waals surface area contributed by atoms with E-state index in [1.165, 1.54) is 88.2 Å². The molecule has 1 aromatic rings. The van der Waals surface area contributed by atoms with Crippen LogP contribution in [0.5, 0.6) is 11.5 Å². The number of ether oxygens (including phenoxy) is 3. The summed E-state index contributed by atoms with van der Waals surface area (Å²) in [7, 11) is 0. The number of rotatable bonds is 12. The van der Waals surface area contributed by atoms with Gasteiger partial charge in [0.1, 0.15) is 12.2 Å². The molecular weight excluding hydrogens is 384 g/mol. The summed E-state index contributed by atoms with van der Waals surface area (Å²) in [5.41, 5.74) is 5.84. The maximum Gasteiger partial charge on any atom is 0.161 e. The van der Waals surface area contributed by atoms with Gasteiger partial charge in [0.25, 0.3) is 0 Å². The van der Waals surface area contributed by atoms with Gasteiger partial charge in [0, 0.05) is 0 Å². The monoisotopic (exact) mass is 426 g/mol. The summed E-state index contributed by atoms with van der Waals surface area (Å²) >= 11 is 0. The molecule has 0 spiro atoms. The van der Waals surface area contributed by atoms with Crippen LogP contribution in [0.3, 0.4) is 0 Å². The fourth-order valence-corrected chi connectivity index (χ4v) is 5.42. The van der Waals surface area contributed by atoms with E-state index in [0.717, 1.165) is 37.6 Å². The lowest BCUT2D eigenvalue weighted by Crippen LogP contribution is -2.10. The molecule has 0 amide bonds. The quantitative estimate of drug-likeness (QED) is 0.248. The molecule has 172 valence electrons. The van der Waals surface area contributed by atoms with E-state index in [1.807, 2.05) is 0 Å². The normalized spacial score (nSPS) is 22.1. The lowest BCUT2D eigenvalue weighted by Gasteiger charge is -2.24. The average Bonchev–Trinajstić information content (AvgIpc) is 3.28. The minimum absolute atomic E-state index is 0.161. The van der Waals surface area contributed by atoms with Gasteiger partial charge >= 0.3 is 0 Å². The first-order valence-electron chi connectivity index (χ1n) is 13.1. The lowest BCUT2D eigenvalue weighted by atomic mass is 9.80. The van der Waals surface area contributed by atoms with Crippen molar-refractivity contribution in [3.05, 3.63) is 34.4 Å². The number of hydrogen-bond acceptors (Lipinski definition) is 3. The Balaban J connectivity index is 1.50. The molecule has 3 heteroatoms. The third-order valence-corrected chi connectivity index (χ3v) is 7.19. The van der Waals surface area contributed by atoms with Crippen molar-refractivity contribution < 1.29 is 14.2 Å². The van der Waals surface area contributed by atoms with Crippen LogP contribution in [0.1, 0.15) is 127 Å². The summed E-state index contributed by atoms with van der Waals surface area (Å²) in [4.78, 5) is 0. The molecule has 4 rings (SSSR count). The van der Waals surface area contributed by atoms with Gasteiger partial charge in [-0.05, 0) is 72.9 Å². The summed E-state index contributed by atoms with van der Waals surface area (Å²) in [6.45, 7) is 6.04. The Hall–Kier alpha value is -1.48. The van der Waals surface area contributed by atoms with E-state index in [0.29, 0.717) is 0 Å². The number of hydrogen-bond donors (Lipinski definition) is 0. The van der Waals surface area contributed by atoms with Crippen molar-refractivity contribution in [2.75, 3.05) is 13.2 Å². The van der Waals surface area contributed by atoms with Gasteiger partial charge in [0.2, 0.25) is 0 Å². The molecule has 1 aromatic carbocycles. The summed E-state index contributed by atoms with van der Waals surface area (Å²) < 4.78 is 19.1. The van der Waals surface area contributed by atoms with E-state index in [-0.39, 0.29) is 12.2 Å². The van der Waals surface area contributed by atoms with Crippen molar-refractivity contribution in [3.63, 3.8) is 0 Å². The van der Waals surface area contributed by atoms with Crippen molar-refractivity contribution in [2.45, 2.75) is 116 Å². The summed E-state index contributed by atoms with van der Waals surface area (Å²) in [5, 5.41) is 0. The first-order chi connectivity index (χ1) is 15.3. The Kier molecular flexibility index (Phi) is 8.35. The van der Waals surface area contributed by atoms with Crippen LogP contribution >= 0.6 is 0 Å². The van der Waals surface area contributed by atoms with Crippen molar-refractivity contribution >= 4 is 0 Å². The van der Waals surface area contributed by atoms with E-state index in [2.05, 4.69) is 26.0 Å². The average molecular weight is 427 g/mol. The van der Waals surface area contributed by atoms with Crippen LogP contribution in [0.2, 0.25) is 0 Å². The fourth-order valence-electron chi connectivity index (χ4n) is 5.42. The van der Waals surface area contributed by atoms with Gasteiger partial charge in [-0.25, -0.2) is 0 Å². The van der Waals surface area contributed by atoms with E-state index in [1.54, 1.807) is 11.1 Å². The number of benzene rings is 1. The molecule has 3 aliphatic rings. The van der Waals surface area contributed by atoms with Crippen LogP contribution in [-0.4, -0.2) is 13.2 Å². The summed E-state index contributed by atoms with van der Waals surface area (Å²) in [6.07, 6.45) is 17.8. The second-order valence-electron chi connectivity index (χ2n) is 9.61. The topological polar surface area (TPSA) is 27.7 Å². The largest absolute Gasteiger partial charge is 0.490 e. The predicted octanol–water partition coefficient (Wildman–Crippen LogP) is 8.38. The highest BCUT2D eigenvalue weighted by molar-refractivity contribution is 5.57. The molecule has 0 fully saturated rings. The molecular formula is C28H42O3. The minimum Gasteiger partial charge on any atom is -0.490 e. The van der Waals surface area contributed by atoms with Crippen LogP contribution in [0.15, 0.2) is 23.3 Å². The molecule has 2 unspecified atom stereocenters. The van der Waals surface area contributed by atoms with E-state index in [4.69, 9.17) is 14.2 Å². The Morgan fingerprint density at radius 2 is 1.16 bits per heavy atom. The molecule has 0 radical (unpaired) electrons. The smallest absolute Gasteiger partial charge is 0.161 e. The molecule has 3 nitrogen and oxygen atoms in total. The van der Waals surface area contributed by atoms with Gasteiger partial charge in [-0.15, -0.1) is 0 Å². The maximum atomic E-state index is 6.54. The molecule has 31 heavy (non-hydrogen) atoms. The maximum absolute atomic E-state index is 6.54. The minimum atomic E-state index is 0.161. The first kappa shape index (κ1) is 22.7. The summed E-state index contributed by atoms with van der Waals surface area (Å²) in [5.74, 6) is 1.85. The number of fused-ring (bicyclic) bond motifs is 7. The zero-order valence-corrected chi connectivity index (χ0v) is 19.8. The highest BCUT2D eigenvalue weighted by atomic mass is 16.5. The van der Waals surface area contributed by atoms with Crippen LogP contribution in [0.25, 0.3) is 0 Å². The Morgan fingerprint density at radius 1 is 0.677 bits per heavy atom. The van der Waals surface area contributed by atoms with Gasteiger partial charge in [-0.1, -0.05) is 65.2 Å². The van der Waals surface area contributed by atoms with Crippen LogP contribution in [-0.2, 0) is 4.74 Å². The third kappa shape index (κ3) is 5.30. The molecule has 0 saturated heterocycles. The lowest BCUT2D eigenvalue weighted by molar-refractivity contribution is 0.0769. The van der Waals surface area contributed by atoms with Crippen LogP contribution < -0.4 is 9.47 Å². The van der Waals surface area contributed by atoms with E-state index in [9.17, 15) is 0 Å². The molecule has 2 atom stereocenters. The second-order valence-corrected chi connectivity index (χ2v) is 9.61. The van der Waals surface area contributed by atoms with Crippen molar-refractivity contribution in [2.24, 2.45) is 0 Å². The SMILES string of the molecule is CCCCCCOc1cc2c(cc1OCCCCCC)C1OC2C2=C1CCCCCC2. The van der Waals surface area contributed by atoms with Crippen LogP contribution in [0, 0.1) is 0 Å². The van der Waals surface area contributed by atoms with Crippen LogP contribution in [0.4, 0.5) is 0 Å². The van der Waals surface area contributed by atoms with E-state index < -0.39 is 0 Å². The first-order valence-corrected chi connectivity index (χ1v) is 13.1. The molecule has 2 heterocycles. The van der Waals surface area contributed by atoms with E-state index >= 15 is 0 Å². The van der Waals surface area contributed by atoms with Crippen molar-refractivity contribution in [1.29, 1.82) is 0 Å². The molecule has 0 N–H and O–H groups in total. The van der Waals surface area contributed by atoms with Gasteiger partial charge in [0.05, 0.1) is 13.2 Å². The zero-order chi connectivity index (χ0) is 21.5. The zero-order valence-electron chi connectivity index (χ0n) is 19.8. The number of unbranched alkanes of at least 4 members (excludes halogenated alkanes) is 6. The standard InChI is InChI=1S/C28H42O3/c1-3-5-7-13-17-29-25-19-23-24(20-26(25)30-18-14-8-6-4-2)28-22-16-12-10-9-11-15-21(22)27(23)31-28/h19-20,27-28H,3-18H2,1-2H3. The second kappa shape index (κ2) is 11.4. The molecule has 0 saturated carbocycles. The fraction of sp³-hybridized carbons (Fsp3) is 0.714. The van der Waals surface area contributed by atoms with Crippen molar-refractivity contribution in [3.8, 4) is 11.5 Å². The predicted molar refractivity (Wildman–Crippen MR) is 127 cm³/mol. The van der Waals surface area contributed by atoms with Gasteiger partial charge < -0.3 is 14.2 Å². The Morgan fingerprint density at radius 3 is 1.61 bits per heavy atom. The van der Waals surface area contributed by atoms with Gasteiger partial charge in [-0.2, -0.15) is 0 Å².